The highest BCUT2D eigenvalue weighted by Crippen LogP contribution is 2.22. The van der Waals surface area contributed by atoms with Gasteiger partial charge in [-0.15, -0.1) is 0 Å². The molecule has 9 heteroatoms. The van der Waals surface area contributed by atoms with Crippen molar-refractivity contribution < 1.29 is 18.1 Å². The maximum atomic E-state index is 12.2. The van der Waals surface area contributed by atoms with Crippen LogP contribution in [0.3, 0.4) is 0 Å². The van der Waals surface area contributed by atoms with E-state index in [4.69, 9.17) is 0 Å². The highest BCUT2D eigenvalue weighted by atomic mass is 32.2. The first-order valence-corrected chi connectivity index (χ1v) is 10.6. The van der Waals surface area contributed by atoms with E-state index in [0.717, 1.165) is 23.0 Å². The van der Waals surface area contributed by atoms with Crippen molar-refractivity contribution in [3.8, 4) is 0 Å². The number of anilines is 1. The summed E-state index contributed by atoms with van der Waals surface area (Å²) in [5.74, 6) is -0.471. The van der Waals surface area contributed by atoms with Gasteiger partial charge >= 0.3 is 0 Å². The average Bonchev–Trinajstić information content (AvgIpc) is 2.62. The molecule has 0 aliphatic rings. The molecule has 0 spiro atoms. The Morgan fingerprint density at radius 2 is 1.89 bits per heavy atom. The van der Waals surface area contributed by atoms with Crippen molar-refractivity contribution in [1.82, 2.24) is 5.32 Å². The van der Waals surface area contributed by atoms with Gasteiger partial charge in [0, 0.05) is 18.7 Å². The summed E-state index contributed by atoms with van der Waals surface area (Å²) in [5, 5.41) is 13.6. The lowest BCUT2D eigenvalue weighted by Gasteiger charge is -2.21. The van der Waals surface area contributed by atoms with Crippen LogP contribution in [0.25, 0.3) is 0 Å². The molecule has 2 aromatic carbocycles. The first kappa shape index (κ1) is 21.4. The maximum absolute atomic E-state index is 12.2. The van der Waals surface area contributed by atoms with E-state index >= 15 is 0 Å². The molecule has 0 heterocycles. The third-order valence-corrected chi connectivity index (χ3v) is 5.20. The highest BCUT2D eigenvalue weighted by Gasteiger charge is 2.22. The molecule has 150 valence electrons. The van der Waals surface area contributed by atoms with Crippen molar-refractivity contribution in [2.75, 3.05) is 23.7 Å². The Hall–Kier alpha value is -2.94. The Morgan fingerprint density at radius 3 is 2.54 bits per heavy atom. The minimum absolute atomic E-state index is 0.0756. The zero-order chi connectivity index (χ0) is 20.7. The quantitative estimate of drug-likeness (QED) is 0.391. The number of hydrogen-bond acceptors (Lipinski definition) is 5. The van der Waals surface area contributed by atoms with Crippen molar-refractivity contribution in [2.45, 2.75) is 19.8 Å². The molecule has 0 aromatic heterocycles. The number of nitrogens with zero attached hydrogens (tertiary/aromatic N) is 2. The number of non-ortho nitro benzene ring substituents is 1. The summed E-state index contributed by atoms with van der Waals surface area (Å²) in [7, 11) is -3.78. The van der Waals surface area contributed by atoms with E-state index in [1.807, 2.05) is 25.1 Å². The molecule has 0 aliphatic heterocycles. The molecule has 2 rings (SSSR count). The number of carbonyl (C=O) groups is 1. The van der Waals surface area contributed by atoms with Crippen molar-refractivity contribution in [1.29, 1.82) is 0 Å². The molecule has 0 bridgehead atoms. The Kier molecular flexibility index (Phi) is 7.11. The zero-order valence-corrected chi connectivity index (χ0v) is 16.6. The fraction of sp³-hybridized carbons (Fsp3) is 0.316. The zero-order valence-electron chi connectivity index (χ0n) is 15.8. The number of sulfonamides is 1. The number of nitro groups is 1. The molecule has 0 saturated heterocycles. The van der Waals surface area contributed by atoms with Gasteiger partial charge in [-0.25, -0.2) is 8.42 Å². The number of nitrogens with one attached hydrogen (secondary N) is 1. The predicted octanol–water partition coefficient (Wildman–Crippen LogP) is 2.42. The lowest BCUT2D eigenvalue weighted by molar-refractivity contribution is -0.384. The molecule has 0 saturated carbocycles. The predicted molar refractivity (Wildman–Crippen MR) is 108 cm³/mol. The summed E-state index contributed by atoms with van der Waals surface area (Å²) in [6, 6.07) is 13.3. The van der Waals surface area contributed by atoms with Gasteiger partial charge in [-0.1, -0.05) is 35.9 Å². The summed E-state index contributed by atoms with van der Waals surface area (Å²) < 4.78 is 25.0. The fourth-order valence-electron chi connectivity index (χ4n) is 2.74. The van der Waals surface area contributed by atoms with Crippen molar-refractivity contribution in [3.63, 3.8) is 0 Å². The van der Waals surface area contributed by atoms with Gasteiger partial charge in [-0.3, -0.25) is 19.2 Å². The molecule has 0 atom stereocenters. The van der Waals surface area contributed by atoms with Crippen molar-refractivity contribution in [3.05, 3.63) is 69.8 Å². The van der Waals surface area contributed by atoms with E-state index in [9.17, 15) is 23.3 Å². The Labute approximate surface area is 164 Å². The van der Waals surface area contributed by atoms with E-state index in [1.54, 1.807) is 0 Å². The van der Waals surface area contributed by atoms with E-state index < -0.39 is 27.4 Å². The molecule has 2 aromatic rings. The summed E-state index contributed by atoms with van der Waals surface area (Å²) in [6.07, 6.45) is 2.46. The van der Waals surface area contributed by atoms with Gasteiger partial charge in [0.05, 0.1) is 16.9 Å². The Morgan fingerprint density at radius 1 is 1.18 bits per heavy atom. The number of rotatable bonds is 9. The lowest BCUT2D eigenvalue weighted by Crippen LogP contribution is -2.40. The first-order chi connectivity index (χ1) is 13.2. The van der Waals surface area contributed by atoms with Crippen molar-refractivity contribution >= 4 is 27.3 Å². The average molecular weight is 405 g/mol. The van der Waals surface area contributed by atoms with Gasteiger partial charge in [0.25, 0.3) is 5.69 Å². The van der Waals surface area contributed by atoms with Gasteiger partial charge in [0.1, 0.15) is 6.54 Å². The topological polar surface area (TPSA) is 110 Å². The van der Waals surface area contributed by atoms with E-state index in [2.05, 4.69) is 11.4 Å². The molecule has 0 aliphatic carbocycles. The number of hydrogen-bond donors (Lipinski definition) is 1. The number of benzene rings is 2. The van der Waals surface area contributed by atoms with Crippen LogP contribution in [0.1, 0.15) is 17.5 Å². The summed E-state index contributed by atoms with van der Waals surface area (Å²) >= 11 is 0. The first-order valence-electron chi connectivity index (χ1n) is 8.71. The van der Waals surface area contributed by atoms with Gasteiger partial charge in [-0.05, 0) is 31.4 Å². The van der Waals surface area contributed by atoms with Crippen molar-refractivity contribution in [2.24, 2.45) is 0 Å². The molecule has 1 amide bonds. The molecular weight excluding hydrogens is 382 g/mol. The summed E-state index contributed by atoms with van der Waals surface area (Å²) in [6.45, 7) is 1.97. The number of aryl methyl sites for hydroxylation is 2. The molecule has 0 radical (unpaired) electrons. The standard InChI is InChI=1S/C19H23N3O5S/c1-15-6-3-7-16(12-15)8-5-11-20-19(23)14-21(28(2,26)27)17-9-4-10-18(13-17)22(24)25/h3-4,6-7,9-10,12-13H,5,8,11,14H2,1-2H3,(H,20,23). The number of carbonyl (C=O) groups excluding carboxylic acids is 1. The van der Waals surface area contributed by atoms with Crippen LogP contribution in [0.15, 0.2) is 48.5 Å². The molecular formula is C19H23N3O5S. The van der Waals surface area contributed by atoms with Gasteiger partial charge in [-0.2, -0.15) is 0 Å². The van der Waals surface area contributed by atoms with Crippen LogP contribution in [0.2, 0.25) is 0 Å². The largest absolute Gasteiger partial charge is 0.355 e. The Balaban J connectivity index is 1.96. The maximum Gasteiger partial charge on any atom is 0.271 e. The Bertz CT molecular complexity index is 960. The smallest absolute Gasteiger partial charge is 0.271 e. The van der Waals surface area contributed by atoms with E-state index in [-0.39, 0.29) is 11.4 Å². The second kappa shape index (κ2) is 9.32. The molecule has 0 fully saturated rings. The van der Waals surface area contributed by atoms with Gasteiger partial charge in [0.2, 0.25) is 15.9 Å². The minimum Gasteiger partial charge on any atom is -0.355 e. The van der Waals surface area contributed by atoms with Crippen LogP contribution < -0.4 is 9.62 Å². The van der Waals surface area contributed by atoms with Gasteiger partial charge in [0.15, 0.2) is 0 Å². The van der Waals surface area contributed by atoms with E-state index in [0.29, 0.717) is 13.0 Å². The summed E-state index contributed by atoms with van der Waals surface area (Å²) in [5.41, 5.74) is 2.17. The number of nitro benzene ring substituents is 1. The molecule has 8 nitrogen and oxygen atoms in total. The highest BCUT2D eigenvalue weighted by molar-refractivity contribution is 7.92. The summed E-state index contributed by atoms with van der Waals surface area (Å²) in [4.78, 5) is 22.5. The third-order valence-electron chi connectivity index (χ3n) is 4.06. The third kappa shape index (κ3) is 6.34. The van der Waals surface area contributed by atoms with Crippen LogP contribution >= 0.6 is 0 Å². The van der Waals surface area contributed by atoms with E-state index in [1.165, 1.54) is 29.3 Å². The van der Waals surface area contributed by atoms with Crippen LogP contribution in [0.4, 0.5) is 11.4 Å². The SMILES string of the molecule is Cc1cccc(CCCNC(=O)CN(c2cccc([N+](=O)[O-])c2)S(C)(=O)=O)c1. The second-order valence-electron chi connectivity index (χ2n) is 6.49. The minimum atomic E-state index is -3.78. The van der Waals surface area contributed by atoms with Crippen LogP contribution in [-0.4, -0.2) is 38.6 Å². The fourth-order valence-corrected chi connectivity index (χ4v) is 3.58. The monoisotopic (exact) mass is 405 g/mol. The van der Waals surface area contributed by atoms with Crippen LogP contribution in [0, 0.1) is 17.0 Å². The van der Waals surface area contributed by atoms with Gasteiger partial charge < -0.3 is 5.32 Å². The van der Waals surface area contributed by atoms with Crippen LogP contribution in [-0.2, 0) is 21.2 Å². The lowest BCUT2D eigenvalue weighted by atomic mass is 10.1. The second-order valence-corrected chi connectivity index (χ2v) is 8.40. The molecule has 1 N–H and O–H groups in total. The molecule has 28 heavy (non-hydrogen) atoms. The normalized spacial score (nSPS) is 11.1. The van der Waals surface area contributed by atoms with Crippen LogP contribution in [0.5, 0.6) is 0 Å². The number of amides is 1. The molecule has 0 unspecified atom stereocenters.